The Labute approximate surface area is 107 Å². The van der Waals surface area contributed by atoms with Crippen LogP contribution in [0.3, 0.4) is 0 Å². The molecule has 0 aliphatic heterocycles. The number of fused-ring (bicyclic) bond motifs is 1. The van der Waals surface area contributed by atoms with Crippen molar-refractivity contribution in [2.45, 2.75) is 6.42 Å². The molecule has 2 aromatic rings. The van der Waals surface area contributed by atoms with Gasteiger partial charge in [-0.2, -0.15) is 0 Å². The van der Waals surface area contributed by atoms with E-state index in [9.17, 15) is 14.0 Å². The number of H-pyrrole nitrogens is 1. The average Bonchev–Trinajstić information content (AvgIpc) is 2.81. The lowest BCUT2D eigenvalue weighted by molar-refractivity contribution is -0.137. The van der Waals surface area contributed by atoms with Crippen molar-refractivity contribution in [3.05, 3.63) is 29.8 Å². The molecule has 0 atom stereocenters. The number of nitrogens with zero attached hydrogens (tertiary/aromatic N) is 2. The van der Waals surface area contributed by atoms with Crippen LogP contribution in [0.15, 0.2) is 18.5 Å². The summed E-state index contributed by atoms with van der Waals surface area (Å²) in [6, 6.07) is 2.35. The van der Waals surface area contributed by atoms with Crippen molar-refractivity contribution in [3.8, 4) is 0 Å². The Hall–Kier alpha value is -2.44. The van der Waals surface area contributed by atoms with E-state index in [-0.39, 0.29) is 18.5 Å². The molecule has 19 heavy (non-hydrogen) atoms. The summed E-state index contributed by atoms with van der Waals surface area (Å²) in [6.45, 7) is 0.0522. The number of carbonyl (C=O) groups excluding carboxylic acids is 1. The van der Waals surface area contributed by atoms with Crippen LogP contribution in [0.5, 0.6) is 0 Å². The first-order chi connectivity index (χ1) is 8.99. The highest BCUT2D eigenvalue weighted by atomic mass is 19.1. The number of carboxylic acid groups (broad SMARTS) is 1. The van der Waals surface area contributed by atoms with Crippen molar-refractivity contribution in [2.24, 2.45) is 0 Å². The third-order valence-electron chi connectivity index (χ3n) is 2.73. The standard InChI is InChI=1S/C12H12FN3O3/c1-16(3-2-10(17)18)12(19)8-4-7(13)5-9-11(8)15-6-14-9/h4-6H,2-3H2,1H3,(H,14,15)(H,17,18). The highest BCUT2D eigenvalue weighted by molar-refractivity contribution is 6.04. The molecule has 0 aliphatic rings. The smallest absolute Gasteiger partial charge is 0.305 e. The van der Waals surface area contributed by atoms with Crippen LogP contribution in [0.2, 0.25) is 0 Å². The van der Waals surface area contributed by atoms with E-state index in [0.29, 0.717) is 11.0 Å². The molecule has 0 fully saturated rings. The van der Waals surface area contributed by atoms with Crippen molar-refractivity contribution in [2.75, 3.05) is 13.6 Å². The zero-order valence-electron chi connectivity index (χ0n) is 10.2. The van der Waals surface area contributed by atoms with Crippen LogP contribution in [0, 0.1) is 5.82 Å². The van der Waals surface area contributed by atoms with Gasteiger partial charge in [0.15, 0.2) is 0 Å². The molecule has 0 spiro atoms. The number of hydrogen-bond acceptors (Lipinski definition) is 3. The van der Waals surface area contributed by atoms with Gasteiger partial charge in [0.25, 0.3) is 5.91 Å². The first kappa shape index (κ1) is 13.0. The summed E-state index contributed by atoms with van der Waals surface area (Å²) >= 11 is 0. The molecule has 1 aromatic carbocycles. The van der Waals surface area contributed by atoms with Gasteiger partial charge < -0.3 is 15.0 Å². The van der Waals surface area contributed by atoms with E-state index in [1.165, 1.54) is 24.3 Å². The van der Waals surface area contributed by atoms with Gasteiger partial charge in [-0.05, 0) is 12.1 Å². The van der Waals surface area contributed by atoms with Gasteiger partial charge in [-0.15, -0.1) is 0 Å². The molecule has 0 saturated heterocycles. The second-order valence-electron chi connectivity index (χ2n) is 4.12. The maximum absolute atomic E-state index is 13.4. The van der Waals surface area contributed by atoms with Crippen LogP contribution in [-0.2, 0) is 4.79 Å². The largest absolute Gasteiger partial charge is 0.481 e. The van der Waals surface area contributed by atoms with Gasteiger partial charge in [0.05, 0.1) is 23.8 Å². The maximum Gasteiger partial charge on any atom is 0.305 e. The average molecular weight is 265 g/mol. The Morgan fingerprint density at radius 2 is 2.21 bits per heavy atom. The van der Waals surface area contributed by atoms with E-state index in [0.717, 1.165) is 6.07 Å². The van der Waals surface area contributed by atoms with Gasteiger partial charge >= 0.3 is 5.97 Å². The molecule has 0 bridgehead atoms. The van der Waals surface area contributed by atoms with Crippen LogP contribution in [-0.4, -0.2) is 45.4 Å². The highest BCUT2D eigenvalue weighted by Gasteiger charge is 2.18. The molecule has 100 valence electrons. The molecule has 2 N–H and O–H groups in total. The van der Waals surface area contributed by atoms with Crippen LogP contribution >= 0.6 is 0 Å². The number of amides is 1. The van der Waals surface area contributed by atoms with Gasteiger partial charge in [0, 0.05) is 13.6 Å². The summed E-state index contributed by atoms with van der Waals surface area (Å²) in [5.41, 5.74) is 0.910. The fourth-order valence-corrected chi connectivity index (χ4v) is 1.75. The minimum absolute atomic E-state index is 0.0522. The predicted octanol–water partition coefficient (Wildman–Crippen LogP) is 1.25. The Morgan fingerprint density at radius 3 is 2.89 bits per heavy atom. The molecule has 0 aliphatic carbocycles. The monoisotopic (exact) mass is 265 g/mol. The van der Waals surface area contributed by atoms with Crippen molar-refractivity contribution < 1.29 is 19.1 Å². The molecule has 1 aromatic heterocycles. The van der Waals surface area contributed by atoms with Crippen molar-refractivity contribution >= 4 is 22.9 Å². The quantitative estimate of drug-likeness (QED) is 0.871. The zero-order chi connectivity index (χ0) is 14.0. The Bertz CT molecular complexity index is 638. The number of rotatable bonds is 4. The Balaban J connectivity index is 2.30. The minimum Gasteiger partial charge on any atom is -0.481 e. The number of carboxylic acids is 1. The summed E-state index contributed by atoms with van der Waals surface area (Å²) in [4.78, 5) is 30.5. The number of aromatic nitrogens is 2. The molecule has 0 unspecified atom stereocenters. The van der Waals surface area contributed by atoms with E-state index < -0.39 is 17.7 Å². The van der Waals surface area contributed by atoms with Crippen LogP contribution in [0.25, 0.3) is 11.0 Å². The number of carbonyl (C=O) groups is 2. The molecule has 2 rings (SSSR count). The Kier molecular flexibility index (Phi) is 3.46. The lowest BCUT2D eigenvalue weighted by Gasteiger charge is -2.16. The van der Waals surface area contributed by atoms with Gasteiger partial charge in [-0.3, -0.25) is 9.59 Å². The molecular weight excluding hydrogens is 253 g/mol. The number of nitrogens with one attached hydrogen (secondary N) is 1. The zero-order valence-corrected chi connectivity index (χ0v) is 10.2. The van der Waals surface area contributed by atoms with Gasteiger partial charge in [0.1, 0.15) is 11.3 Å². The summed E-state index contributed by atoms with van der Waals surface area (Å²) in [5, 5.41) is 8.58. The van der Waals surface area contributed by atoms with Gasteiger partial charge in [0.2, 0.25) is 0 Å². The number of aromatic amines is 1. The molecule has 0 saturated carbocycles. The van der Waals surface area contributed by atoms with Crippen molar-refractivity contribution in [1.82, 2.24) is 14.9 Å². The number of imidazole rings is 1. The summed E-state index contributed by atoms with van der Waals surface area (Å²) in [5.74, 6) is -2.01. The summed E-state index contributed by atoms with van der Waals surface area (Å²) < 4.78 is 13.4. The molecule has 1 amide bonds. The van der Waals surface area contributed by atoms with E-state index in [2.05, 4.69) is 9.97 Å². The molecular formula is C12H12FN3O3. The SMILES string of the molecule is CN(CCC(=O)O)C(=O)c1cc(F)cc2[nH]cnc12. The van der Waals surface area contributed by atoms with Crippen LogP contribution < -0.4 is 0 Å². The Morgan fingerprint density at radius 1 is 1.47 bits per heavy atom. The first-order valence-electron chi connectivity index (χ1n) is 5.59. The van der Waals surface area contributed by atoms with E-state index in [1.54, 1.807) is 0 Å². The fourth-order valence-electron chi connectivity index (χ4n) is 1.75. The summed E-state index contributed by atoms with van der Waals surface area (Å²) in [7, 11) is 1.47. The normalized spacial score (nSPS) is 10.6. The second kappa shape index (κ2) is 5.05. The lowest BCUT2D eigenvalue weighted by Crippen LogP contribution is -2.29. The number of benzene rings is 1. The van der Waals surface area contributed by atoms with E-state index in [1.807, 2.05) is 0 Å². The topological polar surface area (TPSA) is 86.3 Å². The molecule has 0 radical (unpaired) electrons. The third-order valence-corrected chi connectivity index (χ3v) is 2.73. The first-order valence-corrected chi connectivity index (χ1v) is 5.59. The number of hydrogen-bond donors (Lipinski definition) is 2. The highest BCUT2D eigenvalue weighted by Crippen LogP contribution is 2.18. The van der Waals surface area contributed by atoms with Gasteiger partial charge in [-0.25, -0.2) is 9.37 Å². The molecule has 6 nitrogen and oxygen atoms in total. The lowest BCUT2D eigenvalue weighted by atomic mass is 10.1. The molecule has 7 heteroatoms. The van der Waals surface area contributed by atoms with Crippen LogP contribution in [0.4, 0.5) is 4.39 Å². The maximum atomic E-state index is 13.4. The summed E-state index contributed by atoms with van der Waals surface area (Å²) in [6.07, 6.45) is 1.21. The van der Waals surface area contributed by atoms with Gasteiger partial charge in [-0.1, -0.05) is 0 Å². The van der Waals surface area contributed by atoms with E-state index >= 15 is 0 Å². The minimum atomic E-state index is -0.996. The van der Waals surface area contributed by atoms with Crippen molar-refractivity contribution in [3.63, 3.8) is 0 Å². The number of aliphatic carboxylic acids is 1. The number of halogens is 1. The second-order valence-corrected chi connectivity index (χ2v) is 4.12. The van der Waals surface area contributed by atoms with Crippen molar-refractivity contribution in [1.29, 1.82) is 0 Å². The third kappa shape index (κ3) is 2.70. The fraction of sp³-hybridized carbons (Fsp3) is 0.250. The van der Waals surface area contributed by atoms with E-state index in [4.69, 9.17) is 5.11 Å². The predicted molar refractivity (Wildman–Crippen MR) is 65.3 cm³/mol. The van der Waals surface area contributed by atoms with Crippen LogP contribution in [0.1, 0.15) is 16.8 Å². The molecule has 1 heterocycles.